The van der Waals surface area contributed by atoms with E-state index in [1.165, 1.54) is 18.3 Å². The second kappa shape index (κ2) is 7.83. The third kappa shape index (κ3) is 3.97. The number of rotatable bonds is 6. The first-order valence-electron chi connectivity index (χ1n) is 8.64. The molecule has 3 heterocycles. The molecule has 1 unspecified atom stereocenters. The molecule has 27 heavy (non-hydrogen) atoms. The lowest BCUT2D eigenvalue weighted by Gasteiger charge is -2.22. The number of nitrogens with one attached hydrogen (secondary N) is 1. The highest BCUT2D eigenvalue weighted by Gasteiger charge is 2.47. The van der Waals surface area contributed by atoms with Crippen LogP contribution in [0.25, 0.3) is 0 Å². The van der Waals surface area contributed by atoms with E-state index in [2.05, 4.69) is 15.3 Å². The SMILES string of the molecule is CCCCNC(=O)c1cccc(C2N(c3ccccn3)C(=O)CS2(=O)=O)n1. The molecule has 2 amide bonds. The zero-order chi connectivity index (χ0) is 19.4. The zero-order valence-corrected chi connectivity index (χ0v) is 15.6. The summed E-state index contributed by atoms with van der Waals surface area (Å²) in [6.45, 7) is 2.53. The van der Waals surface area contributed by atoms with E-state index in [0.29, 0.717) is 6.54 Å². The molecular formula is C18H20N4O4S. The molecule has 1 atom stereocenters. The van der Waals surface area contributed by atoms with Gasteiger partial charge in [0.2, 0.25) is 5.91 Å². The maximum atomic E-state index is 12.6. The number of amides is 2. The molecule has 0 saturated carbocycles. The highest BCUT2D eigenvalue weighted by atomic mass is 32.2. The van der Waals surface area contributed by atoms with Crippen LogP contribution < -0.4 is 10.2 Å². The van der Waals surface area contributed by atoms with E-state index in [-0.39, 0.29) is 23.1 Å². The van der Waals surface area contributed by atoms with Gasteiger partial charge in [-0.15, -0.1) is 0 Å². The van der Waals surface area contributed by atoms with Crippen LogP contribution in [0.4, 0.5) is 5.82 Å². The molecular weight excluding hydrogens is 368 g/mol. The van der Waals surface area contributed by atoms with Gasteiger partial charge >= 0.3 is 0 Å². The first-order chi connectivity index (χ1) is 12.9. The van der Waals surface area contributed by atoms with Crippen LogP contribution in [-0.2, 0) is 14.6 Å². The van der Waals surface area contributed by atoms with Crippen LogP contribution in [0.15, 0.2) is 42.6 Å². The molecule has 0 aliphatic carbocycles. The number of unbranched alkanes of at least 4 members (excludes halogenated alkanes) is 1. The molecule has 0 bridgehead atoms. The average Bonchev–Trinajstić information content (AvgIpc) is 2.91. The van der Waals surface area contributed by atoms with Crippen molar-refractivity contribution in [1.29, 1.82) is 0 Å². The molecule has 1 saturated heterocycles. The predicted molar refractivity (Wildman–Crippen MR) is 99.7 cm³/mol. The van der Waals surface area contributed by atoms with E-state index in [4.69, 9.17) is 0 Å². The Morgan fingerprint density at radius 1 is 1.26 bits per heavy atom. The van der Waals surface area contributed by atoms with Crippen molar-refractivity contribution < 1.29 is 18.0 Å². The number of carbonyl (C=O) groups is 2. The standard InChI is InChI=1S/C18H20N4O4S/c1-2-3-10-20-17(24)13-7-6-8-14(21-13)18-22(15-9-4-5-11-19-15)16(23)12-27(18,25)26/h4-9,11,18H,2-3,10,12H2,1H3,(H,20,24). The largest absolute Gasteiger partial charge is 0.351 e. The molecule has 1 fully saturated rings. The van der Waals surface area contributed by atoms with Gasteiger partial charge in [-0.3, -0.25) is 14.5 Å². The Bertz CT molecular complexity index is 947. The number of sulfone groups is 1. The van der Waals surface area contributed by atoms with Crippen molar-refractivity contribution in [2.75, 3.05) is 17.2 Å². The molecule has 142 valence electrons. The monoisotopic (exact) mass is 388 g/mol. The lowest BCUT2D eigenvalue weighted by Crippen LogP contribution is -2.31. The number of hydrogen-bond donors (Lipinski definition) is 1. The minimum Gasteiger partial charge on any atom is -0.351 e. The van der Waals surface area contributed by atoms with E-state index >= 15 is 0 Å². The number of anilines is 1. The van der Waals surface area contributed by atoms with E-state index < -0.39 is 26.9 Å². The molecule has 0 aromatic carbocycles. The van der Waals surface area contributed by atoms with Gasteiger partial charge in [-0.1, -0.05) is 25.5 Å². The van der Waals surface area contributed by atoms with Crippen molar-refractivity contribution in [1.82, 2.24) is 15.3 Å². The summed E-state index contributed by atoms with van der Waals surface area (Å²) in [5.41, 5.74) is 0.230. The van der Waals surface area contributed by atoms with Gasteiger partial charge in [0, 0.05) is 12.7 Å². The Hall–Kier alpha value is -2.81. The van der Waals surface area contributed by atoms with Crippen LogP contribution >= 0.6 is 0 Å². The fourth-order valence-corrected chi connectivity index (χ4v) is 4.54. The van der Waals surface area contributed by atoms with Crippen molar-refractivity contribution in [3.8, 4) is 0 Å². The first-order valence-corrected chi connectivity index (χ1v) is 10.4. The van der Waals surface area contributed by atoms with Crippen LogP contribution in [0.3, 0.4) is 0 Å². The van der Waals surface area contributed by atoms with E-state index in [0.717, 1.165) is 17.7 Å². The van der Waals surface area contributed by atoms with E-state index in [1.54, 1.807) is 24.3 Å². The normalized spacial score (nSPS) is 18.5. The molecule has 0 radical (unpaired) electrons. The first kappa shape index (κ1) is 19.0. The van der Waals surface area contributed by atoms with Crippen LogP contribution in [0, 0.1) is 0 Å². The summed E-state index contributed by atoms with van der Waals surface area (Å²) >= 11 is 0. The third-order valence-electron chi connectivity index (χ3n) is 4.14. The van der Waals surface area contributed by atoms with Crippen LogP contribution in [-0.4, -0.2) is 42.5 Å². The molecule has 0 spiro atoms. The molecule has 2 aromatic heterocycles. The second-order valence-corrected chi connectivity index (χ2v) is 8.23. The fraction of sp³-hybridized carbons (Fsp3) is 0.333. The highest BCUT2D eigenvalue weighted by Crippen LogP contribution is 2.35. The van der Waals surface area contributed by atoms with Crippen molar-refractivity contribution in [2.45, 2.75) is 25.1 Å². The van der Waals surface area contributed by atoms with Gasteiger partial charge < -0.3 is 5.32 Å². The van der Waals surface area contributed by atoms with Crippen molar-refractivity contribution in [2.24, 2.45) is 0 Å². The minimum atomic E-state index is -3.81. The summed E-state index contributed by atoms with van der Waals surface area (Å²) < 4.78 is 25.2. The number of nitrogens with zero attached hydrogens (tertiary/aromatic N) is 3. The minimum absolute atomic E-state index is 0.110. The summed E-state index contributed by atoms with van der Waals surface area (Å²) in [6, 6.07) is 9.48. The summed E-state index contributed by atoms with van der Waals surface area (Å²) in [5.74, 6) is -1.34. The average molecular weight is 388 g/mol. The van der Waals surface area contributed by atoms with Crippen LogP contribution in [0.2, 0.25) is 0 Å². The number of hydrogen-bond acceptors (Lipinski definition) is 6. The smallest absolute Gasteiger partial charge is 0.269 e. The lowest BCUT2D eigenvalue weighted by atomic mass is 10.2. The fourth-order valence-electron chi connectivity index (χ4n) is 2.86. The molecule has 1 N–H and O–H groups in total. The molecule has 2 aromatic rings. The molecule has 3 rings (SSSR count). The number of aromatic nitrogens is 2. The third-order valence-corrected chi connectivity index (χ3v) is 5.92. The van der Waals surface area contributed by atoms with Gasteiger partial charge in [-0.2, -0.15) is 0 Å². The Morgan fingerprint density at radius 3 is 2.78 bits per heavy atom. The number of carbonyl (C=O) groups excluding carboxylic acids is 2. The highest BCUT2D eigenvalue weighted by molar-refractivity contribution is 7.93. The Morgan fingerprint density at radius 2 is 2.07 bits per heavy atom. The molecule has 8 nitrogen and oxygen atoms in total. The van der Waals surface area contributed by atoms with Gasteiger partial charge in [0.25, 0.3) is 5.91 Å². The maximum absolute atomic E-state index is 12.6. The molecule has 9 heteroatoms. The molecule has 1 aliphatic heterocycles. The summed E-state index contributed by atoms with van der Waals surface area (Å²) in [5, 5.41) is 1.44. The Balaban J connectivity index is 1.96. The van der Waals surface area contributed by atoms with E-state index in [1.807, 2.05) is 6.92 Å². The zero-order valence-electron chi connectivity index (χ0n) is 14.8. The van der Waals surface area contributed by atoms with Gasteiger partial charge in [-0.05, 0) is 30.7 Å². The topological polar surface area (TPSA) is 109 Å². The van der Waals surface area contributed by atoms with Crippen molar-refractivity contribution in [3.05, 3.63) is 54.0 Å². The molecule has 1 aliphatic rings. The van der Waals surface area contributed by atoms with Gasteiger partial charge in [0.1, 0.15) is 17.3 Å². The Labute approximate surface area is 157 Å². The van der Waals surface area contributed by atoms with Crippen molar-refractivity contribution >= 4 is 27.5 Å². The summed E-state index contributed by atoms with van der Waals surface area (Å²) in [4.78, 5) is 34.1. The van der Waals surface area contributed by atoms with Crippen LogP contribution in [0.5, 0.6) is 0 Å². The predicted octanol–water partition coefficient (Wildman–Crippen LogP) is 1.47. The quantitative estimate of drug-likeness (QED) is 0.751. The lowest BCUT2D eigenvalue weighted by molar-refractivity contribution is -0.115. The van der Waals surface area contributed by atoms with E-state index in [9.17, 15) is 18.0 Å². The maximum Gasteiger partial charge on any atom is 0.269 e. The second-order valence-electron chi connectivity index (χ2n) is 6.17. The van der Waals surface area contributed by atoms with Crippen LogP contribution in [0.1, 0.15) is 41.3 Å². The Kier molecular flexibility index (Phi) is 5.50. The van der Waals surface area contributed by atoms with Crippen molar-refractivity contribution in [3.63, 3.8) is 0 Å². The van der Waals surface area contributed by atoms with Gasteiger partial charge in [0.15, 0.2) is 15.2 Å². The summed E-state index contributed by atoms with van der Waals surface area (Å²) in [6.07, 6.45) is 3.26. The van der Waals surface area contributed by atoms with Gasteiger partial charge in [0.05, 0.1) is 5.69 Å². The van der Waals surface area contributed by atoms with Gasteiger partial charge in [-0.25, -0.2) is 18.4 Å². The number of pyridine rings is 2. The summed E-state index contributed by atoms with van der Waals surface area (Å²) in [7, 11) is -3.81.